The second kappa shape index (κ2) is 7.73. The predicted octanol–water partition coefficient (Wildman–Crippen LogP) is 2.93. The summed E-state index contributed by atoms with van der Waals surface area (Å²) in [7, 11) is 0. The molecule has 0 bridgehead atoms. The molecule has 0 unspecified atom stereocenters. The maximum atomic E-state index is 13.8. The summed E-state index contributed by atoms with van der Waals surface area (Å²) in [6, 6.07) is 10.3. The van der Waals surface area contributed by atoms with Crippen molar-refractivity contribution in [2.24, 2.45) is 0 Å². The molecule has 1 saturated heterocycles. The molecular weight excluding hydrogens is 307 g/mol. The smallest absolute Gasteiger partial charge is 0.165 e. The molecule has 2 aromatic rings. The van der Waals surface area contributed by atoms with Crippen molar-refractivity contribution in [3.8, 4) is 5.75 Å². The van der Waals surface area contributed by atoms with Gasteiger partial charge < -0.3 is 9.84 Å². The normalized spacial score (nSPS) is 22.1. The molecule has 4 nitrogen and oxygen atoms in total. The van der Waals surface area contributed by atoms with E-state index in [1.54, 1.807) is 24.4 Å². The number of nitrogens with zero attached hydrogens (tertiary/aromatic N) is 2. The van der Waals surface area contributed by atoms with Crippen LogP contribution in [0, 0.1) is 12.7 Å². The summed E-state index contributed by atoms with van der Waals surface area (Å²) in [6.45, 7) is 4.37. The van der Waals surface area contributed by atoms with Crippen LogP contribution in [0.3, 0.4) is 0 Å². The summed E-state index contributed by atoms with van der Waals surface area (Å²) in [6.07, 6.45) is 2.07. The molecule has 0 amide bonds. The average molecular weight is 330 g/mol. The van der Waals surface area contributed by atoms with Crippen molar-refractivity contribution in [1.82, 2.24) is 9.88 Å². The Bertz CT molecular complexity index is 680. The van der Waals surface area contributed by atoms with E-state index in [4.69, 9.17) is 4.74 Å². The number of para-hydroxylation sites is 1. The van der Waals surface area contributed by atoms with Gasteiger partial charge in [0.1, 0.15) is 6.10 Å². The van der Waals surface area contributed by atoms with E-state index in [9.17, 15) is 9.50 Å². The standard InChI is InChI=1S/C19H23FN2O2/c1-14-5-4-10-21-16(14)13-22-11-8-17(23)19(9-12-22)24-18-7-3-2-6-15(18)20/h2-7,10,17,19,23H,8-9,11-13H2,1H3/t17-,19-/m0/s1. The Morgan fingerprint density at radius 1 is 1.21 bits per heavy atom. The number of aromatic nitrogens is 1. The minimum atomic E-state index is -0.598. The van der Waals surface area contributed by atoms with Crippen molar-refractivity contribution in [2.75, 3.05) is 13.1 Å². The van der Waals surface area contributed by atoms with Crippen molar-refractivity contribution < 1.29 is 14.2 Å². The van der Waals surface area contributed by atoms with Gasteiger partial charge in [0.05, 0.1) is 11.8 Å². The lowest BCUT2D eigenvalue weighted by Gasteiger charge is -2.22. The molecule has 128 valence electrons. The highest BCUT2D eigenvalue weighted by Gasteiger charge is 2.27. The summed E-state index contributed by atoms with van der Waals surface area (Å²) < 4.78 is 19.5. The van der Waals surface area contributed by atoms with Gasteiger partial charge in [0, 0.05) is 25.8 Å². The van der Waals surface area contributed by atoms with Crippen molar-refractivity contribution in [3.63, 3.8) is 0 Å². The number of benzene rings is 1. The molecule has 1 aromatic heterocycles. The number of likely N-dealkylation sites (tertiary alicyclic amines) is 1. The Labute approximate surface area is 141 Å². The molecule has 1 aromatic carbocycles. The number of ether oxygens (including phenoxy) is 1. The Balaban J connectivity index is 1.63. The molecule has 24 heavy (non-hydrogen) atoms. The van der Waals surface area contributed by atoms with Crippen LogP contribution in [0.4, 0.5) is 4.39 Å². The van der Waals surface area contributed by atoms with Crippen LogP contribution >= 0.6 is 0 Å². The topological polar surface area (TPSA) is 45.6 Å². The first-order valence-electron chi connectivity index (χ1n) is 8.35. The molecule has 3 rings (SSSR count). The molecule has 1 fully saturated rings. The Kier molecular flexibility index (Phi) is 5.43. The van der Waals surface area contributed by atoms with Crippen LogP contribution in [0.1, 0.15) is 24.1 Å². The number of aryl methyl sites for hydroxylation is 1. The van der Waals surface area contributed by atoms with Crippen molar-refractivity contribution in [2.45, 2.75) is 38.5 Å². The molecule has 0 radical (unpaired) electrons. The Morgan fingerprint density at radius 2 is 2.00 bits per heavy atom. The predicted molar refractivity (Wildman–Crippen MR) is 90.3 cm³/mol. The first-order chi connectivity index (χ1) is 11.6. The number of hydrogen-bond donors (Lipinski definition) is 1. The monoisotopic (exact) mass is 330 g/mol. The first kappa shape index (κ1) is 16.9. The molecule has 1 N–H and O–H groups in total. The number of rotatable bonds is 4. The van der Waals surface area contributed by atoms with E-state index in [-0.39, 0.29) is 5.75 Å². The lowest BCUT2D eigenvalue weighted by atomic mass is 10.1. The van der Waals surface area contributed by atoms with E-state index in [1.807, 2.05) is 6.07 Å². The highest BCUT2D eigenvalue weighted by Crippen LogP contribution is 2.23. The fourth-order valence-corrected chi connectivity index (χ4v) is 3.01. The van der Waals surface area contributed by atoms with E-state index >= 15 is 0 Å². The van der Waals surface area contributed by atoms with Crippen LogP contribution < -0.4 is 4.74 Å². The van der Waals surface area contributed by atoms with Gasteiger partial charge >= 0.3 is 0 Å². The third-order valence-electron chi connectivity index (χ3n) is 4.51. The third kappa shape index (κ3) is 4.10. The molecule has 2 atom stereocenters. The molecule has 1 aliphatic heterocycles. The number of hydrogen-bond acceptors (Lipinski definition) is 4. The maximum Gasteiger partial charge on any atom is 0.165 e. The third-order valence-corrected chi connectivity index (χ3v) is 4.51. The zero-order valence-corrected chi connectivity index (χ0v) is 13.9. The molecule has 0 aliphatic carbocycles. The number of pyridine rings is 1. The Hall–Kier alpha value is -1.98. The largest absolute Gasteiger partial charge is 0.485 e. The van der Waals surface area contributed by atoms with Gasteiger partial charge in [-0.25, -0.2) is 4.39 Å². The SMILES string of the molecule is Cc1cccnc1CN1CC[C@H](Oc2ccccc2F)[C@@H](O)CC1. The molecule has 0 spiro atoms. The molecule has 2 heterocycles. The molecule has 0 saturated carbocycles. The summed E-state index contributed by atoms with van der Waals surface area (Å²) in [5, 5.41) is 10.3. The van der Waals surface area contributed by atoms with Crippen LogP contribution in [0.15, 0.2) is 42.6 Å². The zero-order chi connectivity index (χ0) is 16.9. The lowest BCUT2D eigenvalue weighted by Crippen LogP contribution is -2.31. The van der Waals surface area contributed by atoms with Gasteiger partial charge in [0.2, 0.25) is 0 Å². The van der Waals surface area contributed by atoms with Crippen LogP contribution in [0.5, 0.6) is 5.75 Å². The lowest BCUT2D eigenvalue weighted by molar-refractivity contribution is 0.0328. The highest BCUT2D eigenvalue weighted by molar-refractivity contribution is 5.24. The van der Waals surface area contributed by atoms with Crippen LogP contribution in [-0.2, 0) is 6.54 Å². The second-order valence-electron chi connectivity index (χ2n) is 6.27. The van der Waals surface area contributed by atoms with Crippen molar-refractivity contribution >= 4 is 0 Å². The van der Waals surface area contributed by atoms with Crippen LogP contribution in [-0.4, -0.2) is 40.3 Å². The molecule has 5 heteroatoms. The summed E-state index contributed by atoms with van der Waals surface area (Å²) in [4.78, 5) is 6.70. The van der Waals surface area contributed by atoms with Gasteiger partial charge in [0.15, 0.2) is 11.6 Å². The van der Waals surface area contributed by atoms with E-state index in [1.165, 1.54) is 11.6 Å². The highest BCUT2D eigenvalue weighted by atomic mass is 19.1. The summed E-state index contributed by atoms with van der Waals surface area (Å²) >= 11 is 0. The summed E-state index contributed by atoms with van der Waals surface area (Å²) in [5.41, 5.74) is 2.22. The first-order valence-corrected chi connectivity index (χ1v) is 8.35. The number of halogens is 1. The van der Waals surface area contributed by atoms with Crippen LogP contribution in [0.2, 0.25) is 0 Å². The molecule has 1 aliphatic rings. The van der Waals surface area contributed by atoms with E-state index in [0.717, 1.165) is 25.3 Å². The fourth-order valence-electron chi connectivity index (χ4n) is 3.01. The number of aliphatic hydroxyl groups is 1. The van der Waals surface area contributed by atoms with E-state index < -0.39 is 18.0 Å². The van der Waals surface area contributed by atoms with Gasteiger partial charge in [-0.05, 0) is 43.5 Å². The zero-order valence-electron chi connectivity index (χ0n) is 13.9. The second-order valence-corrected chi connectivity index (χ2v) is 6.27. The fraction of sp³-hybridized carbons (Fsp3) is 0.421. The minimum Gasteiger partial charge on any atom is -0.485 e. The van der Waals surface area contributed by atoms with Gasteiger partial charge in [-0.15, -0.1) is 0 Å². The van der Waals surface area contributed by atoms with Gasteiger partial charge in [-0.3, -0.25) is 9.88 Å². The number of aliphatic hydroxyl groups excluding tert-OH is 1. The van der Waals surface area contributed by atoms with E-state index in [2.05, 4.69) is 22.9 Å². The van der Waals surface area contributed by atoms with Gasteiger partial charge in [-0.1, -0.05) is 18.2 Å². The maximum absolute atomic E-state index is 13.8. The van der Waals surface area contributed by atoms with Crippen molar-refractivity contribution in [1.29, 1.82) is 0 Å². The quantitative estimate of drug-likeness (QED) is 0.936. The van der Waals surface area contributed by atoms with Gasteiger partial charge in [0.25, 0.3) is 0 Å². The summed E-state index contributed by atoms with van der Waals surface area (Å²) in [5.74, 6) is -0.189. The van der Waals surface area contributed by atoms with Gasteiger partial charge in [-0.2, -0.15) is 0 Å². The molecular formula is C19H23FN2O2. The average Bonchev–Trinajstić information content (AvgIpc) is 2.75. The Morgan fingerprint density at radius 3 is 2.79 bits per heavy atom. The minimum absolute atomic E-state index is 0.204. The van der Waals surface area contributed by atoms with Crippen LogP contribution in [0.25, 0.3) is 0 Å². The van der Waals surface area contributed by atoms with E-state index in [0.29, 0.717) is 12.8 Å². The van der Waals surface area contributed by atoms with Crippen molar-refractivity contribution in [3.05, 3.63) is 59.7 Å².